The SMILES string of the molecule is Cc1nnn(C)c1-c1cnc2c3ccc(C4(O)CCOC4)c(F)c3n([C@H](c3ccccc3)C3CCOCC3)c2c1. The van der Waals surface area contributed by atoms with Crippen LogP contribution in [0.5, 0.6) is 0 Å². The van der Waals surface area contributed by atoms with Gasteiger partial charge in [-0.15, -0.1) is 5.10 Å². The van der Waals surface area contributed by atoms with E-state index < -0.39 is 11.4 Å². The summed E-state index contributed by atoms with van der Waals surface area (Å²) in [5, 5.41) is 20.5. The van der Waals surface area contributed by atoms with Crippen molar-refractivity contribution in [3.63, 3.8) is 0 Å². The van der Waals surface area contributed by atoms with Crippen molar-refractivity contribution in [1.82, 2.24) is 24.5 Å². The minimum atomic E-state index is -1.36. The van der Waals surface area contributed by atoms with Crippen molar-refractivity contribution in [2.75, 3.05) is 26.4 Å². The van der Waals surface area contributed by atoms with Gasteiger partial charge in [0.25, 0.3) is 0 Å². The van der Waals surface area contributed by atoms with Crippen molar-refractivity contribution < 1.29 is 19.0 Å². The summed E-state index contributed by atoms with van der Waals surface area (Å²) in [6.07, 6.45) is 3.89. The van der Waals surface area contributed by atoms with Crippen molar-refractivity contribution in [2.24, 2.45) is 13.0 Å². The molecule has 2 atom stereocenters. The number of hydrogen-bond acceptors (Lipinski definition) is 6. The van der Waals surface area contributed by atoms with E-state index in [-0.39, 0.29) is 24.1 Å². The van der Waals surface area contributed by atoms with Gasteiger partial charge in [0.1, 0.15) is 5.60 Å². The van der Waals surface area contributed by atoms with Crippen molar-refractivity contribution in [1.29, 1.82) is 0 Å². The molecule has 2 aliphatic heterocycles. The van der Waals surface area contributed by atoms with E-state index in [0.29, 0.717) is 31.8 Å². The predicted molar refractivity (Wildman–Crippen MR) is 149 cm³/mol. The standard InChI is InChI=1S/C31H32FN5O3/c1-19-28(36(2)35-34-19)22-16-25-27(33-17-22)23-8-9-24(31(38)12-15-40-18-31)26(32)30(23)37(25)29(20-6-4-3-5-7-20)21-10-13-39-14-11-21/h3-9,16-17,21,29,38H,10-15,18H2,1-2H3/t29-,31?/m1/s1. The van der Waals surface area contributed by atoms with Gasteiger partial charge in [-0.3, -0.25) is 4.98 Å². The molecule has 40 heavy (non-hydrogen) atoms. The van der Waals surface area contributed by atoms with Gasteiger partial charge in [-0.25, -0.2) is 9.07 Å². The maximum absolute atomic E-state index is 16.9. The van der Waals surface area contributed by atoms with E-state index in [2.05, 4.69) is 33.1 Å². The lowest BCUT2D eigenvalue weighted by atomic mass is 9.86. The highest BCUT2D eigenvalue weighted by molar-refractivity contribution is 6.07. The van der Waals surface area contributed by atoms with Gasteiger partial charge in [-0.05, 0) is 37.3 Å². The Morgan fingerprint density at radius 3 is 2.58 bits per heavy atom. The van der Waals surface area contributed by atoms with Gasteiger partial charge in [0, 0.05) is 56.0 Å². The van der Waals surface area contributed by atoms with Crippen molar-refractivity contribution in [2.45, 2.75) is 37.8 Å². The number of pyridine rings is 1. The molecule has 5 aromatic rings. The molecule has 7 rings (SSSR count). The first-order valence-corrected chi connectivity index (χ1v) is 13.9. The molecule has 2 saturated heterocycles. The van der Waals surface area contributed by atoms with Gasteiger partial charge >= 0.3 is 0 Å². The average Bonchev–Trinajstić information content (AvgIpc) is 3.66. The molecular formula is C31H32FN5O3. The number of aromatic nitrogens is 5. The third-order valence-corrected chi connectivity index (χ3v) is 8.64. The second-order valence-electron chi connectivity index (χ2n) is 11.1. The Labute approximate surface area is 231 Å². The van der Waals surface area contributed by atoms with Gasteiger partial charge in [0.05, 0.1) is 40.6 Å². The van der Waals surface area contributed by atoms with Crippen molar-refractivity contribution in [3.8, 4) is 11.3 Å². The summed E-state index contributed by atoms with van der Waals surface area (Å²) >= 11 is 0. The molecule has 8 nitrogen and oxygen atoms in total. The molecule has 0 saturated carbocycles. The molecule has 0 aliphatic carbocycles. The Morgan fingerprint density at radius 1 is 1.07 bits per heavy atom. The van der Waals surface area contributed by atoms with Gasteiger partial charge < -0.3 is 19.1 Å². The zero-order valence-corrected chi connectivity index (χ0v) is 22.7. The smallest absolute Gasteiger partial charge is 0.153 e. The molecular weight excluding hydrogens is 509 g/mol. The number of nitrogens with zero attached hydrogens (tertiary/aromatic N) is 5. The second kappa shape index (κ2) is 9.76. The van der Waals surface area contributed by atoms with Crippen LogP contribution in [0.2, 0.25) is 0 Å². The number of aryl methyl sites for hydroxylation is 2. The van der Waals surface area contributed by atoms with E-state index in [0.717, 1.165) is 51.8 Å². The van der Waals surface area contributed by atoms with Crippen LogP contribution in [-0.4, -0.2) is 56.1 Å². The summed E-state index contributed by atoms with van der Waals surface area (Å²) in [5.41, 5.74) is 4.55. The number of rotatable bonds is 5. The summed E-state index contributed by atoms with van der Waals surface area (Å²) in [5.74, 6) is -0.198. The van der Waals surface area contributed by atoms with E-state index in [9.17, 15) is 5.11 Å². The number of halogens is 1. The molecule has 3 aromatic heterocycles. The van der Waals surface area contributed by atoms with E-state index in [4.69, 9.17) is 14.5 Å². The minimum Gasteiger partial charge on any atom is -0.383 e. The molecule has 2 aliphatic rings. The van der Waals surface area contributed by atoms with Gasteiger partial charge in [-0.2, -0.15) is 0 Å². The number of aliphatic hydroxyl groups is 1. The third kappa shape index (κ3) is 3.95. The zero-order chi connectivity index (χ0) is 27.4. The lowest BCUT2D eigenvalue weighted by Crippen LogP contribution is -2.29. The number of hydrogen-bond donors (Lipinski definition) is 1. The molecule has 0 radical (unpaired) electrons. The summed E-state index contributed by atoms with van der Waals surface area (Å²) in [6.45, 7) is 3.73. The molecule has 1 N–H and O–H groups in total. The van der Waals surface area contributed by atoms with Gasteiger partial charge in [0.2, 0.25) is 0 Å². The summed E-state index contributed by atoms with van der Waals surface area (Å²) in [4.78, 5) is 4.91. The van der Waals surface area contributed by atoms with E-state index in [1.54, 1.807) is 10.7 Å². The molecule has 0 bridgehead atoms. The molecule has 206 valence electrons. The fraction of sp³-hybridized carbons (Fsp3) is 0.387. The molecule has 1 unspecified atom stereocenters. The van der Waals surface area contributed by atoms with Crippen LogP contribution < -0.4 is 0 Å². The minimum absolute atomic E-state index is 0.0763. The van der Waals surface area contributed by atoms with Crippen LogP contribution in [0.3, 0.4) is 0 Å². The number of fused-ring (bicyclic) bond motifs is 3. The summed E-state index contributed by atoms with van der Waals surface area (Å²) in [6, 6.07) is 15.8. The molecule has 5 heterocycles. The lowest BCUT2D eigenvalue weighted by Gasteiger charge is -2.33. The fourth-order valence-corrected chi connectivity index (χ4v) is 6.67. The van der Waals surface area contributed by atoms with Crippen LogP contribution in [0, 0.1) is 18.7 Å². The Balaban J connectivity index is 1.57. The number of ether oxygens (including phenoxy) is 2. The van der Waals surface area contributed by atoms with Gasteiger partial charge in [-0.1, -0.05) is 47.7 Å². The monoisotopic (exact) mass is 541 g/mol. The Kier molecular flexibility index (Phi) is 6.18. The Morgan fingerprint density at radius 2 is 1.88 bits per heavy atom. The highest BCUT2D eigenvalue weighted by Crippen LogP contribution is 2.44. The van der Waals surface area contributed by atoms with Crippen molar-refractivity contribution in [3.05, 3.63) is 77.4 Å². The third-order valence-electron chi connectivity index (χ3n) is 8.64. The second-order valence-corrected chi connectivity index (χ2v) is 11.1. The quantitative estimate of drug-likeness (QED) is 0.335. The first-order chi connectivity index (χ1) is 19.5. The van der Waals surface area contributed by atoms with Crippen molar-refractivity contribution >= 4 is 21.9 Å². The maximum atomic E-state index is 16.9. The molecule has 0 amide bonds. The van der Waals surface area contributed by atoms with Crippen LogP contribution >= 0.6 is 0 Å². The summed E-state index contributed by atoms with van der Waals surface area (Å²) in [7, 11) is 1.86. The Hall–Kier alpha value is -3.66. The molecule has 0 spiro atoms. The van der Waals surface area contributed by atoms with Crippen LogP contribution in [0.15, 0.2) is 54.7 Å². The first-order valence-electron chi connectivity index (χ1n) is 13.9. The zero-order valence-electron chi connectivity index (χ0n) is 22.7. The molecule has 2 aromatic carbocycles. The topological polar surface area (TPSA) is 87.2 Å². The average molecular weight is 542 g/mol. The fourth-order valence-electron chi connectivity index (χ4n) is 6.67. The van der Waals surface area contributed by atoms with E-state index in [1.807, 2.05) is 44.4 Å². The lowest BCUT2D eigenvalue weighted by molar-refractivity contribution is 0.0203. The summed E-state index contributed by atoms with van der Waals surface area (Å²) < 4.78 is 32.0. The van der Waals surface area contributed by atoms with Crippen LogP contribution in [0.1, 0.15) is 42.1 Å². The van der Waals surface area contributed by atoms with Gasteiger partial charge in [0.15, 0.2) is 5.82 Å². The first kappa shape index (κ1) is 25.3. The number of benzene rings is 2. The van der Waals surface area contributed by atoms with E-state index in [1.165, 1.54) is 0 Å². The predicted octanol–water partition coefficient (Wildman–Crippen LogP) is 5.06. The largest absolute Gasteiger partial charge is 0.383 e. The van der Waals surface area contributed by atoms with Crippen LogP contribution in [0.4, 0.5) is 4.39 Å². The normalized spacial score (nSPS) is 21.0. The highest BCUT2D eigenvalue weighted by atomic mass is 19.1. The Bertz CT molecular complexity index is 1680. The maximum Gasteiger partial charge on any atom is 0.153 e. The molecule has 2 fully saturated rings. The highest BCUT2D eigenvalue weighted by Gasteiger charge is 2.39. The van der Waals surface area contributed by atoms with Crippen LogP contribution in [0.25, 0.3) is 33.2 Å². The molecule has 9 heteroatoms. The van der Waals surface area contributed by atoms with E-state index >= 15 is 4.39 Å². The van der Waals surface area contributed by atoms with Crippen LogP contribution in [-0.2, 0) is 22.1 Å².